The van der Waals surface area contributed by atoms with E-state index in [0.717, 1.165) is 17.8 Å². The summed E-state index contributed by atoms with van der Waals surface area (Å²) in [6.07, 6.45) is 0.767. The SMILES string of the molecule is COCC1CCN(S(=O)(=O)c2csc(C(=O)O)c2)C1. The molecule has 1 N–H and O–H groups in total. The third-order valence-corrected chi connectivity index (χ3v) is 5.99. The molecule has 106 valence electrons. The van der Waals surface area contributed by atoms with Crippen LogP contribution in [0.2, 0.25) is 0 Å². The van der Waals surface area contributed by atoms with Crippen molar-refractivity contribution in [2.75, 3.05) is 26.8 Å². The summed E-state index contributed by atoms with van der Waals surface area (Å²) in [5.41, 5.74) is 0. The molecule has 1 aromatic rings. The summed E-state index contributed by atoms with van der Waals surface area (Å²) >= 11 is 0.924. The molecule has 0 saturated carbocycles. The van der Waals surface area contributed by atoms with Gasteiger partial charge in [-0.2, -0.15) is 4.31 Å². The van der Waals surface area contributed by atoms with Crippen LogP contribution in [0.4, 0.5) is 0 Å². The summed E-state index contributed by atoms with van der Waals surface area (Å²) in [5, 5.41) is 10.2. The van der Waals surface area contributed by atoms with E-state index in [2.05, 4.69) is 0 Å². The number of carboxylic acids is 1. The van der Waals surface area contributed by atoms with E-state index < -0.39 is 16.0 Å². The van der Waals surface area contributed by atoms with Gasteiger partial charge in [-0.3, -0.25) is 0 Å². The van der Waals surface area contributed by atoms with Crippen molar-refractivity contribution in [3.63, 3.8) is 0 Å². The number of nitrogens with zero attached hydrogens (tertiary/aromatic N) is 1. The molecule has 0 aromatic carbocycles. The van der Waals surface area contributed by atoms with Gasteiger partial charge in [-0.1, -0.05) is 0 Å². The summed E-state index contributed by atoms with van der Waals surface area (Å²) in [7, 11) is -1.99. The van der Waals surface area contributed by atoms with Crippen LogP contribution in [0.3, 0.4) is 0 Å². The number of hydrogen-bond donors (Lipinski definition) is 1. The molecule has 8 heteroatoms. The topological polar surface area (TPSA) is 83.9 Å². The lowest BCUT2D eigenvalue weighted by molar-refractivity contribution is 0.0702. The Morgan fingerprint density at radius 1 is 1.63 bits per heavy atom. The van der Waals surface area contributed by atoms with Gasteiger partial charge in [-0.15, -0.1) is 11.3 Å². The van der Waals surface area contributed by atoms with Crippen molar-refractivity contribution >= 4 is 27.3 Å². The predicted octanol–water partition coefficient (Wildman–Crippen LogP) is 1.10. The van der Waals surface area contributed by atoms with Gasteiger partial charge in [0.05, 0.1) is 11.5 Å². The maximum atomic E-state index is 12.3. The maximum absolute atomic E-state index is 12.3. The van der Waals surface area contributed by atoms with Crippen LogP contribution in [0.5, 0.6) is 0 Å². The molecule has 19 heavy (non-hydrogen) atoms. The third kappa shape index (κ3) is 2.97. The molecule has 1 aliphatic heterocycles. The van der Waals surface area contributed by atoms with Crippen molar-refractivity contribution in [1.82, 2.24) is 4.31 Å². The van der Waals surface area contributed by atoms with E-state index >= 15 is 0 Å². The fraction of sp³-hybridized carbons (Fsp3) is 0.545. The van der Waals surface area contributed by atoms with Crippen molar-refractivity contribution in [3.8, 4) is 0 Å². The van der Waals surface area contributed by atoms with Crippen LogP contribution < -0.4 is 0 Å². The normalized spacial score (nSPS) is 20.8. The fourth-order valence-electron chi connectivity index (χ4n) is 2.10. The summed E-state index contributed by atoms with van der Waals surface area (Å²) < 4.78 is 31.1. The van der Waals surface area contributed by atoms with Gasteiger partial charge in [0.25, 0.3) is 0 Å². The molecule has 0 aliphatic carbocycles. The second kappa shape index (κ2) is 5.58. The number of methoxy groups -OCH3 is 1. The Hall–Kier alpha value is -0.960. The smallest absolute Gasteiger partial charge is 0.345 e. The Balaban J connectivity index is 2.16. The van der Waals surface area contributed by atoms with Crippen molar-refractivity contribution in [3.05, 3.63) is 16.3 Å². The lowest BCUT2D eigenvalue weighted by Gasteiger charge is -2.15. The largest absolute Gasteiger partial charge is 0.477 e. The van der Waals surface area contributed by atoms with E-state index in [-0.39, 0.29) is 15.7 Å². The molecular formula is C11H15NO5S2. The Morgan fingerprint density at radius 3 is 2.95 bits per heavy atom. The van der Waals surface area contributed by atoms with Crippen molar-refractivity contribution in [2.45, 2.75) is 11.3 Å². The van der Waals surface area contributed by atoms with E-state index in [1.165, 1.54) is 15.8 Å². The summed E-state index contributed by atoms with van der Waals surface area (Å²) in [6, 6.07) is 1.21. The minimum atomic E-state index is -3.58. The number of rotatable bonds is 5. The first-order valence-corrected chi connectivity index (χ1v) is 8.08. The molecule has 6 nitrogen and oxygen atoms in total. The number of hydrogen-bond acceptors (Lipinski definition) is 5. The van der Waals surface area contributed by atoms with E-state index in [0.29, 0.717) is 19.7 Å². The highest BCUT2D eigenvalue weighted by Crippen LogP contribution is 2.27. The zero-order valence-electron chi connectivity index (χ0n) is 10.4. The minimum absolute atomic E-state index is 0.0335. The lowest BCUT2D eigenvalue weighted by atomic mass is 10.1. The van der Waals surface area contributed by atoms with Crippen molar-refractivity contribution in [1.29, 1.82) is 0 Å². The Bertz CT molecular complexity index is 565. The molecule has 1 atom stereocenters. The van der Waals surface area contributed by atoms with E-state index in [1.807, 2.05) is 0 Å². The molecule has 1 aromatic heterocycles. The number of ether oxygens (including phenoxy) is 1. The molecule has 0 amide bonds. The molecule has 0 spiro atoms. The number of aromatic carboxylic acids is 1. The first-order chi connectivity index (χ1) is 8.95. The van der Waals surface area contributed by atoms with Crippen LogP contribution in [0.15, 0.2) is 16.3 Å². The van der Waals surface area contributed by atoms with Crippen LogP contribution in [-0.2, 0) is 14.8 Å². The predicted molar refractivity (Wildman–Crippen MR) is 70.0 cm³/mol. The average molecular weight is 305 g/mol. The molecular weight excluding hydrogens is 290 g/mol. The van der Waals surface area contributed by atoms with E-state index in [9.17, 15) is 13.2 Å². The quantitative estimate of drug-likeness (QED) is 0.880. The van der Waals surface area contributed by atoms with Gasteiger partial charge in [0.15, 0.2) is 0 Å². The van der Waals surface area contributed by atoms with Gasteiger partial charge in [0.1, 0.15) is 4.88 Å². The van der Waals surface area contributed by atoms with E-state index in [1.54, 1.807) is 7.11 Å². The van der Waals surface area contributed by atoms with Gasteiger partial charge in [0, 0.05) is 25.6 Å². The summed E-state index contributed by atoms with van der Waals surface area (Å²) in [4.78, 5) is 10.9. The highest BCUT2D eigenvalue weighted by Gasteiger charge is 2.33. The van der Waals surface area contributed by atoms with Gasteiger partial charge < -0.3 is 9.84 Å². The highest BCUT2D eigenvalue weighted by molar-refractivity contribution is 7.89. The Kier molecular flexibility index (Phi) is 4.24. The Morgan fingerprint density at radius 2 is 2.37 bits per heavy atom. The number of carboxylic acid groups (broad SMARTS) is 1. The van der Waals surface area contributed by atoms with Gasteiger partial charge in [0.2, 0.25) is 10.0 Å². The summed E-state index contributed by atoms with van der Waals surface area (Å²) in [5.74, 6) is -0.900. The molecule has 1 fully saturated rings. The van der Waals surface area contributed by atoms with Gasteiger partial charge in [-0.25, -0.2) is 13.2 Å². The minimum Gasteiger partial charge on any atom is -0.477 e. The summed E-state index contributed by atoms with van der Waals surface area (Å²) in [6.45, 7) is 1.42. The highest BCUT2D eigenvalue weighted by atomic mass is 32.2. The monoisotopic (exact) mass is 305 g/mol. The third-order valence-electron chi connectivity index (χ3n) is 3.07. The fourth-order valence-corrected chi connectivity index (χ4v) is 4.73. The number of carbonyl (C=O) groups is 1. The van der Waals surface area contributed by atoms with Crippen molar-refractivity contribution in [2.24, 2.45) is 5.92 Å². The molecule has 0 radical (unpaired) electrons. The van der Waals surface area contributed by atoms with Crippen LogP contribution in [0.1, 0.15) is 16.1 Å². The Labute approximate surface area is 115 Å². The lowest BCUT2D eigenvalue weighted by Crippen LogP contribution is -2.29. The number of thiophene rings is 1. The average Bonchev–Trinajstić information content (AvgIpc) is 2.98. The first-order valence-electron chi connectivity index (χ1n) is 5.76. The number of sulfonamides is 1. The second-order valence-corrected chi connectivity index (χ2v) is 7.27. The molecule has 2 heterocycles. The zero-order chi connectivity index (χ0) is 14.0. The first kappa shape index (κ1) is 14.4. The molecule has 1 unspecified atom stereocenters. The molecule has 0 bridgehead atoms. The standard InChI is InChI=1S/C11H15NO5S2/c1-17-6-8-2-3-12(5-8)19(15,16)9-4-10(11(13)14)18-7-9/h4,7-8H,2-3,5-6H2,1H3,(H,13,14). The zero-order valence-corrected chi connectivity index (χ0v) is 12.0. The molecule has 1 aliphatic rings. The van der Waals surface area contributed by atoms with Gasteiger partial charge in [-0.05, 0) is 18.4 Å². The second-order valence-electron chi connectivity index (χ2n) is 4.42. The van der Waals surface area contributed by atoms with Crippen molar-refractivity contribution < 1.29 is 23.1 Å². The van der Waals surface area contributed by atoms with Crippen LogP contribution >= 0.6 is 11.3 Å². The van der Waals surface area contributed by atoms with Crippen LogP contribution in [0, 0.1) is 5.92 Å². The molecule has 2 rings (SSSR count). The van der Waals surface area contributed by atoms with E-state index in [4.69, 9.17) is 9.84 Å². The maximum Gasteiger partial charge on any atom is 0.345 e. The van der Waals surface area contributed by atoms with Crippen LogP contribution in [-0.4, -0.2) is 50.6 Å². The van der Waals surface area contributed by atoms with Crippen LogP contribution in [0.25, 0.3) is 0 Å². The van der Waals surface area contributed by atoms with Gasteiger partial charge >= 0.3 is 5.97 Å². The molecule has 1 saturated heterocycles.